The first-order chi connectivity index (χ1) is 11.5. The van der Waals surface area contributed by atoms with Crippen molar-refractivity contribution >= 4 is 17.2 Å². The lowest BCUT2D eigenvalue weighted by atomic mass is 10.00. The monoisotopic (exact) mass is 341 g/mol. The van der Waals surface area contributed by atoms with Crippen LogP contribution >= 0.6 is 11.3 Å². The number of rotatable bonds is 5. The fraction of sp³-hybridized carbons (Fsp3) is 0.294. The average Bonchev–Trinajstić information content (AvgIpc) is 3.20. The molecule has 3 aromatic rings. The van der Waals surface area contributed by atoms with Gasteiger partial charge >= 0.3 is 0 Å². The van der Waals surface area contributed by atoms with Crippen LogP contribution in [0.15, 0.2) is 29.9 Å². The summed E-state index contributed by atoms with van der Waals surface area (Å²) in [6.07, 6.45) is 1.69. The Bertz CT molecular complexity index is 841. The highest BCUT2D eigenvalue weighted by molar-refractivity contribution is 7.13. The van der Waals surface area contributed by atoms with Crippen LogP contribution in [0.5, 0.6) is 0 Å². The third kappa shape index (κ3) is 3.68. The molecule has 0 radical (unpaired) electrons. The number of thiazole rings is 1. The SMILES string of the molecule is Cc1ccc(C)c([C@@H](C)NC(=O)Cc2csc(-c3ncn[nH]3)n2)c1. The van der Waals surface area contributed by atoms with Crippen molar-refractivity contribution in [3.63, 3.8) is 0 Å². The molecule has 0 fully saturated rings. The molecule has 6 nitrogen and oxygen atoms in total. The zero-order valence-electron chi connectivity index (χ0n) is 13.8. The summed E-state index contributed by atoms with van der Waals surface area (Å²) in [6, 6.07) is 6.24. The summed E-state index contributed by atoms with van der Waals surface area (Å²) >= 11 is 1.44. The maximum atomic E-state index is 12.3. The van der Waals surface area contributed by atoms with Crippen LogP contribution in [0, 0.1) is 13.8 Å². The van der Waals surface area contributed by atoms with Gasteiger partial charge in [0.25, 0.3) is 0 Å². The smallest absolute Gasteiger partial charge is 0.226 e. The minimum atomic E-state index is -0.0437. The molecule has 2 heterocycles. The van der Waals surface area contributed by atoms with E-state index in [9.17, 15) is 4.79 Å². The molecule has 2 N–H and O–H groups in total. The Morgan fingerprint density at radius 3 is 2.96 bits per heavy atom. The number of hydrogen-bond donors (Lipinski definition) is 2. The molecular weight excluding hydrogens is 322 g/mol. The summed E-state index contributed by atoms with van der Waals surface area (Å²) in [5.74, 6) is 0.577. The van der Waals surface area contributed by atoms with E-state index < -0.39 is 0 Å². The molecule has 0 saturated carbocycles. The van der Waals surface area contributed by atoms with Gasteiger partial charge in [0, 0.05) is 5.38 Å². The number of hydrogen-bond acceptors (Lipinski definition) is 5. The van der Waals surface area contributed by atoms with Crippen LogP contribution in [-0.2, 0) is 11.2 Å². The first kappa shape index (κ1) is 16.3. The molecule has 0 aliphatic rings. The lowest BCUT2D eigenvalue weighted by molar-refractivity contribution is -0.121. The van der Waals surface area contributed by atoms with E-state index in [1.165, 1.54) is 28.8 Å². The Kier molecular flexibility index (Phi) is 4.71. The lowest BCUT2D eigenvalue weighted by Gasteiger charge is -2.17. The number of carbonyl (C=O) groups excluding carboxylic acids is 1. The van der Waals surface area contributed by atoms with Gasteiger partial charge in [-0.1, -0.05) is 23.8 Å². The van der Waals surface area contributed by atoms with Gasteiger partial charge in [0.15, 0.2) is 10.8 Å². The topological polar surface area (TPSA) is 83.6 Å². The van der Waals surface area contributed by atoms with Crippen LogP contribution in [0.2, 0.25) is 0 Å². The number of nitrogens with zero attached hydrogens (tertiary/aromatic N) is 3. The van der Waals surface area contributed by atoms with Crippen molar-refractivity contribution in [1.82, 2.24) is 25.5 Å². The van der Waals surface area contributed by atoms with Crippen molar-refractivity contribution in [3.05, 3.63) is 52.3 Å². The van der Waals surface area contributed by atoms with Gasteiger partial charge in [-0.25, -0.2) is 9.97 Å². The zero-order valence-corrected chi connectivity index (χ0v) is 14.6. The van der Waals surface area contributed by atoms with Crippen molar-refractivity contribution < 1.29 is 4.79 Å². The van der Waals surface area contributed by atoms with E-state index in [0.717, 1.165) is 16.3 Å². The van der Waals surface area contributed by atoms with Gasteiger partial charge in [0.05, 0.1) is 18.2 Å². The minimum Gasteiger partial charge on any atom is -0.349 e. The lowest BCUT2D eigenvalue weighted by Crippen LogP contribution is -2.28. The minimum absolute atomic E-state index is 0.0372. The van der Waals surface area contributed by atoms with Gasteiger partial charge in [0.2, 0.25) is 5.91 Å². The normalized spacial score (nSPS) is 12.1. The standard InChI is InChI=1S/C17H19N5OS/c1-10-4-5-11(2)14(6-10)12(3)20-15(23)7-13-8-24-17(21-13)16-18-9-19-22-16/h4-6,8-9,12H,7H2,1-3H3,(H,20,23)(H,18,19,22)/t12-/m1/s1. The van der Waals surface area contributed by atoms with E-state index >= 15 is 0 Å². The molecule has 1 aromatic carbocycles. The van der Waals surface area contributed by atoms with E-state index in [-0.39, 0.29) is 18.4 Å². The Labute approximate surface area is 144 Å². The largest absolute Gasteiger partial charge is 0.349 e. The maximum Gasteiger partial charge on any atom is 0.226 e. The average molecular weight is 341 g/mol. The van der Waals surface area contributed by atoms with Gasteiger partial charge in [0.1, 0.15) is 6.33 Å². The van der Waals surface area contributed by atoms with Crippen molar-refractivity contribution in [2.24, 2.45) is 0 Å². The first-order valence-electron chi connectivity index (χ1n) is 7.69. The number of aromatic amines is 1. The molecule has 124 valence electrons. The molecule has 0 bridgehead atoms. The van der Waals surface area contributed by atoms with Crippen LogP contribution in [0.4, 0.5) is 0 Å². The molecule has 3 rings (SSSR count). The third-order valence-electron chi connectivity index (χ3n) is 3.79. The number of aromatic nitrogens is 4. The molecular formula is C17H19N5OS. The number of amides is 1. The molecule has 1 atom stereocenters. The number of H-pyrrole nitrogens is 1. The second-order valence-electron chi connectivity index (χ2n) is 5.80. The van der Waals surface area contributed by atoms with Crippen molar-refractivity contribution in [2.75, 3.05) is 0 Å². The molecule has 0 unspecified atom stereocenters. The fourth-order valence-corrected chi connectivity index (χ4v) is 3.33. The molecule has 2 aromatic heterocycles. The van der Waals surface area contributed by atoms with Crippen LogP contribution in [0.1, 0.15) is 35.3 Å². The first-order valence-corrected chi connectivity index (χ1v) is 8.57. The maximum absolute atomic E-state index is 12.3. The Morgan fingerprint density at radius 1 is 1.38 bits per heavy atom. The summed E-state index contributed by atoms with van der Waals surface area (Å²) < 4.78 is 0. The van der Waals surface area contributed by atoms with Crippen LogP contribution < -0.4 is 5.32 Å². The molecule has 7 heteroatoms. The van der Waals surface area contributed by atoms with Gasteiger partial charge in [-0.05, 0) is 31.9 Å². The zero-order chi connectivity index (χ0) is 17.1. The summed E-state index contributed by atoms with van der Waals surface area (Å²) in [6.45, 7) is 6.11. The third-order valence-corrected chi connectivity index (χ3v) is 4.69. The second-order valence-corrected chi connectivity index (χ2v) is 6.66. The number of carbonyl (C=O) groups is 1. The van der Waals surface area contributed by atoms with Gasteiger partial charge in [-0.3, -0.25) is 9.89 Å². The van der Waals surface area contributed by atoms with E-state index in [4.69, 9.17) is 0 Å². The summed E-state index contributed by atoms with van der Waals surface area (Å²) in [5.41, 5.74) is 4.24. The van der Waals surface area contributed by atoms with Gasteiger partial charge in [-0.15, -0.1) is 11.3 Å². The predicted molar refractivity (Wildman–Crippen MR) is 93.7 cm³/mol. The van der Waals surface area contributed by atoms with E-state index in [0.29, 0.717) is 5.82 Å². The number of benzene rings is 1. The Morgan fingerprint density at radius 2 is 2.21 bits per heavy atom. The van der Waals surface area contributed by atoms with Crippen molar-refractivity contribution in [1.29, 1.82) is 0 Å². The highest BCUT2D eigenvalue weighted by Gasteiger charge is 2.14. The molecule has 1 amide bonds. The predicted octanol–water partition coefficient (Wildman–Crippen LogP) is 2.96. The molecule has 0 aliphatic heterocycles. The Balaban J connectivity index is 1.64. The number of nitrogens with one attached hydrogen (secondary N) is 2. The second kappa shape index (κ2) is 6.92. The van der Waals surface area contributed by atoms with Crippen LogP contribution in [0.3, 0.4) is 0 Å². The van der Waals surface area contributed by atoms with Gasteiger partial charge < -0.3 is 5.32 Å². The summed E-state index contributed by atoms with van der Waals surface area (Å²) in [7, 11) is 0. The number of aryl methyl sites for hydroxylation is 2. The van der Waals surface area contributed by atoms with E-state index in [1.54, 1.807) is 0 Å². The molecule has 0 saturated heterocycles. The molecule has 0 aliphatic carbocycles. The summed E-state index contributed by atoms with van der Waals surface area (Å²) in [5, 5.41) is 12.2. The highest BCUT2D eigenvalue weighted by atomic mass is 32.1. The highest BCUT2D eigenvalue weighted by Crippen LogP contribution is 2.21. The van der Waals surface area contributed by atoms with Crippen LogP contribution in [0.25, 0.3) is 10.8 Å². The van der Waals surface area contributed by atoms with Gasteiger partial charge in [-0.2, -0.15) is 5.10 Å². The quantitative estimate of drug-likeness (QED) is 0.747. The van der Waals surface area contributed by atoms with Crippen LogP contribution in [-0.4, -0.2) is 26.1 Å². The molecule has 0 spiro atoms. The van der Waals surface area contributed by atoms with Crippen molar-refractivity contribution in [3.8, 4) is 10.8 Å². The Hall–Kier alpha value is -2.54. The van der Waals surface area contributed by atoms with Crippen molar-refractivity contribution in [2.45, 2.75) is 33.2 Å². The molecule has 24 heavy (non-hydrogen) atoms. The fourth-order valence-electron chi connectivity index (χ4n) is 2.57. The summed E-state index contributed by atoms with van der Waals surface area (Å²) in [4.78, 5) is 20.8. The van der Waals surface area contributed by atoms with E-state index in [1.807, 2.05) is 12.3 Å². The van der Waals surface area contributed by atoms with E-state index in [2.05, 4.69) is 57.5 Å².